The van der Waals surface area contributed by atoms with Gasteiger partial charge in [0.15, 0.2) is 0 Å². The van der Waals surface area contributed by atoms with E-state index in [1.54, 1.807) is 32.4 Å². The number of carbonyl (C=O) groups is 1. The number of hydrogen-bond acceptors (Lipinski definition) is 5. The molecule has 49 heavy (non-hydrogen) atoms. The molecule has 1 fully saturated rings. The van der Waals surface area contributed by atoms with E-state index >= 15 is 0 Å². The Balaban J connectivity index is 1.10. The molecule has 1 aliphatic carbocycles. The fourth-order valence-electron chi connectivity index (χ4n) is 6.35. The van der Waals surface area contributed by atoms with Crippen molar-refractivity contribution in [3.8, 4) is 39.5 Å². The van der Waals surface area contributed by atoms with Crippen LogP contribution in [0.25, 0.3) is 22.3 Å². The van der Waals surface area contributed by atoms with Crippen LogP contribution >= 0.6 is 0 Å². The van der Waals surface area contributed by atoms with E-state index in [0.29, 0.717) is 30.9 Å². The molecule has 7 heteroatoms. The second-order valence-corrected chi connectivity index (χ2v) is 12.3. The van der Waals surface area contributed by atoms with Crippen molar-refractivity contribution < 1.29 is 28.1 Å². The van der Waals surface area contributed by atoms with Crippen LogP contribution in [0.4, 0.5) is 4.39 Å². The molecule has 1 N–H and O–H groups in total. The SMILES string of the molecule is COc1cccc(-c2cc(C(=O)NCCc3ccc(OC4CCC(OCc5ccccc5)CC4)cc3-c3cccc(F)c3)ccc2OC)c1. The summed E-state index contributed by atoms with van der Waals surface area (Å²) in [6.45, 7) is 1.02. The zero-order valence-corrected chi connectivity index (χ0v) is 28.0. The number of nitrogens with one attached hydrogen (secondary N) is 1. The predicted octanol–water partition coefficient (Wildman–Crippen LogP) is 9.06. The van der Waals surface area contributed by atoms with E-state index in [1.165, 1.54) is 17.7 Å². The van der Waals surface area contributed by atoms with Crippen molar-refractivity contribution in [3.05, 3.63) is 138 Å². The fourth-order valence-corrected chi connectivity index (χ4v) is 6.35. The van der Waals surface area contributed by atoms with E-state index in [4.69, 9.17) is 18.9 Å². The highest BCUT2D eigenvalue weighted by Gasteiger charge is 2.23. The minimum absolute atomic E-state index is 0.0911. The maximum absolute atomic E-state index is 14.3. The standard InChI is InChI=1S/C42H42FNO5/c1-46-37-13-7-11-32(25-37)40-26-33(15-21-41(40)47-2)42(45)44-23-22-30-14-16-38(27-39(30)31-10-6-12-34(43)24-31)49-36-19-17-35(18-20-36)48-28-29-8-4-3-5-9-29/h3-16,21,24-27,35-36H,17-20,22-23,28H2,1-2H3,(H,44,45). The second kappa shape index (κ2) is 16.3. The maximum atomic E-state index is 14.3. The molecule has 5 aromatic rings. The van der Waals surface area contributed by atoms with Gasteiger partial charge >= 0.3 is 0 Å². The Labute approximate surface area is 287 Å². The van der Waals surface area contributed by atoms with Gasteiger partial charge in [0.05, 0.1) is 33.0 Å². The molecule has 0 heterocycles. The van der Waals surface area contributed by atoms with Gasteiger partial charge in [-0.05, 0) is 115 Å². The zero-order chi connectivity index (χ0) is 34.0. The lowest BCUT2D eigenvalue weighted by Crippen LogP contribution is -2.28. The smallest absolute Gasteiger partial charge is 0.251 e. The number of benzene rings is 5. The van der Waals surface area contributed by atoms with Gasteiger partial charge in [-0.15, -0.1) is 0 Å². The molecule has 0 aliphatic heterocycles. The molecular weight excluding hydrogens is 617 g/mol. The first-order chi connectivity index (χ1) is 24.0. The van der Waals surface area contributed by atoms with Gasteiger partial charge in [-0.2, -0.15) is 0 Å². The van der Waals surface area contributed by atoms with Gasteiger partial charge in [0.1, 0.15) is 23.1 Å². The molecule has 6 rings (SSSR count). The molecule has 0 atom stereocenters. The number of carbonyl (C=O) groups excluding carboxylic acids is 1. The molecule has 252 valence electrons. The quantitative estimate of drug-likeness (QED) is 0.137. The summed E-state index contributed by atoms with van der Waals surface area (Å²) in [4.78, 5) is 13.3. The number of halogens is 1. The van der Waals surface area contributed by atoms with Crippen LogP contribution < -0.4 is 19.5 Å². The fraction of sp³-hybridized carbons (Fsp3) is 0.262. The Kier molecular flexibility index (Phi) is 11.2. The highest BCUT2D eigenvalue weighted by atomic mass is 19.1. The Morgan fingerprint density at radius 3 is 2.22 bits per heavy atom. The number of methoxy groups -OCH3 is 2. The van der Waals surface area contributed by atoms with Crippen LogP contribution in [0.15, 0.2) is 115 Å². The number of ether oxygens (including phenoxy) is 4. The van der Waals surface area contributed by atoms with E-state index < -0.39 is 0 Å². The van der Waals surface area contributed by atoms with Crippen molar-refractivity contribution in [3.63, 3.8) is 0 Å². The largest absolute Gasteiger partial charge is 0.497 e. The van der Waals surface area contributed by atoms with E-state index in [2.05, 4.69) is 17.4 Å². The lowest BCUT2D eigenvalue weighted by atomic mass is 9.94. The summed E-state index contributed by atoms with van der Waals surface area (Å²) in [6.07, 6.45) is 4.59. The van der Waals surface area contributed by atoms with E-state index in [1.807, 2.05) is 72.8 Å². The third-order valence-electron chi connectivity index (χ3n) is 8.99. The average Bonchev–Trinajstić information content (AvgIpc) is 3.15. The Morgan fingerprint density at radius 1 is 0.714 bits per heavy atom. The minimum Gasteiger partial charge on any atom is -0.497 e. The van der Waals surface area contributed by atoms with E-state index in [0.717, 1.165) is 65.0 Å². The van der Waals surface area contributed by atoms with Crippen molar-refractivity contribution in [1.29, 1.82) is 0 Å². The molecule has 0 unspecified atom stereocenters. The summed E-state index contributed by atoms with van der Waals surface area (Å²) in [5.41, 5.74) is 6.03. The van der Waals surface area contributed by atoms with Gasteiger partial charge in [0.2, 0.25) is 0 Å². The molecule has 1 amide bonds. The van der Waals surface area contributed by atoms with Gasteiger partial charge in [-0.3, -0.25) is 4.79 Å². The summed E-state index contributed by atoms with van der Waals surface area (Å²) in [5.74, 6) is 1.64. The van der Waals surface area contributed by atoms with Crippen molar-refractivity contribution >= 4 is 5.91 Å². The normalized spacial score (nSPS) is 15.7. The van der Waals surface area contributed by atoms with Crippen LogP contribution in [-0.2, 0) is 17.8 Å². The number of amides is 1. The summed E-state index contributed by atoms with van der Waals surface area (Å²) >= 11 is 0. The van der Waals surface area contributed by atoms with E-state index in [-0.39, 0.29) is 23.9 Å². The molecule has 5 aromatic carbocycles. The molecule has 6 nitrogen and oxygen atoms in total. The molecule has 0 spiro atoms. The Morgan fingerprint density at radius 2 is 1.47 bits per heavy atom. The molecular formula is C42H42FNO5. The molecule has 0 aromatic heterocycles. The minimum atomic E-state index is -0.303. The molecule has 0 radical (unpaired) electrons. The van der Waals surface area contributed by atoms with Crippen molar-refractivity contribution in [2.24, 2.45) is 0 Å². The van der Waals surface area contributed by atoms with Gasteiger partial charge in [-0.1, -0.05) is 60.7 Å². The molecule has 1 saturated carbocycles. The summed E-state index contributed by atoms with van der Waals surface area (Å²) in [7, 11) is 3.23. The monoisotopic (exact) mass is 659 g/mol. The Hall–Kier alpha value is -5.14. The van der Waals surface area contributed by atoms with Crippen LogP contribution in [-0.4, -0.2) is 38.9 Å². The summed E-state index contributed by atoms with van der Waals surface area (Å²) in [5, 5.41) is 3.06. The maximum Gasteiger partial charge on any atom is 0.251 e. The number of hydrogen-bond donors (Lipinski definition) is 1. The van der Waals surface area contributed by atoms with Crippen LogP contribution in [0.5, 0.6) is 17.2 Å². The first kappa shape index (κ1) is 33.7. The molecule has 0 bridgehead atoms. The van der Waals surface area contributed by atoms with Crippen LogP contribution in [0.3, 0.4) is 0 Å². The van der Waals surface area contributed by atoms with Crippen molar-refractivity contribution in [1.82, 2.24) is 5.32 Å². The summed E-state index contributed by atoms with van der Waals surface area (Å²) in [6, 6.07) is 35.9. The second-order valence-electron chi connectivity index (χ2n) is 12.3. The first-order valence-electron chi connectivity index (χ1n) is 16.8. The van der Waals surface area contributed by atoms with Gasteiger partial charge < -0.3 is 24.3 Å². The zero-order valence-electron chi connectivity index (χ0n) is 28.0. The topological polar surface area (TPSA) is 66.0 Å². The highest BCUT2D eigenvalue weighted by Crippen LogP contribution is 2.34. The molecule has 0 saturated heterocycles. The van der Waals surface area contributed by atoms with Crippen LogP contribution in [0.1, 0.15) is 47.2 Å². The number of rotatable bonds is 13. The van der Waals surface area contributed by atoms with Gasteiger partial charge in [0, 0.05) is 17.7 Å². The van der Waals surface area contributed by atoms with Crippen LogP contribution in [0.2, 0.25) is 0 Å². The van der Waals surface area contributed by atoms with Gasteiger partial charge in [-0.25, -0.2) is 4.39 Å². The average molecular weight is 660 g/mol. The van der Waals surface area contributed by atoms with Crippen LogP contribution in [0, 0.1) is 5.82 Å². The lowest BCUT2D eigenvalue weighted by Gasteiger charge is -2.29. The highest BCUT2D eigenvalue weighted by molar-refractivity contribution is 5.96. The van der Waals surface area contributed by atoms with Crippen molar-refractivity contribution in [2.45, 2.75) is 50.9 Å². The van der Waals surface area contributed by atoms with Crippen molar-refractivity contribution in [2.75, 3.05) is 20.8 Å². The molecule has 1 aliphatic rings. The predicted molar refractivity (Wildman–Crippen MR) is 191 cm³/mol. The van der Waals surface area contributed by atoms with Gasteiger partial charge in [0.25, 0.3) is 5.91 Å². The van der Waals surface area contributed by atoms with E-state index in [9.17, 15) is 9.18 Å². The lowest BCUT2D eigenvalue weighted by molar-refractivity contribution is -0.00661. The third kappa shape index (κ3) is 8.86. The first-order valence-corrected chi connectivity index (χ1v) is 16.8. The Bertz CT molecular complexity index is 1850. The summed E-state index contributed by atoms with van der Waals surface area (Å²) < 4.78 is 37.9. The third-order valence-corrected chi connectivity index (χ3v) is 8.99.